The van der Waals surface area contributed by atoms with Crippen molar-refractivity contribution in [2.45, 2.75) is 245 Å². The van der Waals surface area contributed by atoms with Gasteiger partial charge in [0.1, 0.15) is 6.61 Å². The molecule has 0 spiro atoms. The molecule has 0 saturated heterocycles. The summed E-state index contributed by atoms with van der Waals surface area (Å²) < 4.78 is 17.3. The van der Waals surface area contributed by atoms with Crippen molar-refractivity contribution in [2.75, 3.05) is 19.8 Å². The first kappa shape index (κ1) is 57.3. The van der Waals surface area contributed by atoms with Crippen molar-refractivity contribution in [3.05, 3.63) is 72.9 Å². The van der Waals surface area contributed by atoms with E-state index in [-0.39, 0.29) is 25.2 Å². The molecule has 0 amide bonds. The average molecular weight is 837 g/mol. The first-order valence-corrected chi connectivity index (χ1v) is 25.5. The van der Waals surface area contributed by atoms with Crippen LogP contribution in [0.1, 0.15) is 239 Å². The van der Waals surface area contributed by atoms with E-state index < -0.39 is 6.10 Å². The lowest BCUT2D eigenvalue weighted by atomic mass is 10.1. The lowest BCUT2D eigenvalue weighted by Gasteiger charge is -2.18. The van der Waals surface area contributed by atoms with Gasteiger partial charge in [-0.05, 0) is 89.9 Å². The molecule has 0 aromatic carbocycles. The molecule has 0 aromatic heterocycles. The highest BCUT2D eigenvalue weighted by molar-refractivity contribution is 5.70. The SMILES string of the molecule is CC/C=C\C/C=C\C/C=C\C/C=C\CCCCCCCCC(=O)OCC(COCCCCCCCC/C=C\C/C=C\CCCCC)OC(=O)CCCCCCCCCCC. The molecule has 60 heavy (non-hydrogen) atoms. The minimum Gasteiger partial charge on any atom is -0.462 e. The summed E-state index contributed by atoms with van der Waals surface area (Å²) in [4.78, 5) is 25.3. The van der Waals surface area contributed by atoms with Crippen molar-refractivity contribution < 1.29 is 23.8 Å². The Morgan fingerprint density at radius 1 is 0.383 bits per heavy atom. The summed E-state index contributed by atoms with van der Waals surface area (Å²) in [6, 6.07) is 0. The van der Waals surface area contributed by atoms with Gasteiger partial charge in [0.25, 0.3) is 0 Å². The maximum atomic E-state index is 12.7. The number of carbonyl (C=O) groups excluding carboxylic acids is 2. The zero-order valence-corrected chi connectivity index (χ0v) is 39.7. The average Bonchev–Trinajstić information content (AvgIpc) is 3.25. The van der Waals surface area contributed by atoms with Crippen LogP contribution >= 0.6 is 0 Å². The maximum absolute atomic E-state index is 12.7. The first-order chi connectivity index (χ1) is 29.6. The lowest BCUT2D eigenvalue weighted by Crippen LogP contribution is -2.30. The van der Waals surface area contributed by atoms with Crippen LogP contribution in [0.3, 0.4) is 0 Å². The van der Waals surface area contributed by atoms with E-state index in [1.54, 1.807) is 0 Å². The quantitative estimate of drug-likeness (QED) is 0.0347. The van der Waals surface area contributed by atoms with Crippen molar-refractivity contribution >= 4 is 11.9 Å². The number of rotatable bonds is 46. The van der Waals surface area contributed by atoms with Crippen LogP contribution in [0.25, 0.3) is 0 Å². The molecule has 0 N–H and O–H groups in total. The number of hydrogen-bond donors (Lipinski definition) is 0. The third-order valence-electron chi connectivity index (χ3n) is 10.7. The van der Waals surface area contributed by atoms with Crippen molar-refractivity contribution in [1.82, 2.24) is 0 Å². The Morgan fingerprint density at radius 3 is 1.23 bits per heavy atom. The number of unbranched alkanes of at least 4 members (excludes halogenated alkanes) is 23. The van der Waals surface area contributed by atoms with Crippen LogP contribution in [0.4, 0.5) is 0 Å². The molecule has 0 fully saturated rings. The van der Waals surface area contributed by atoms with E-state index in [0.29, 0.717) is 19.4 Å². The zero-order chi connectivity index (χ0) is 43.5. The largest absolute Gasteiger partial charge is 0.462 e. The van der Waals surface area contributed by atoms with Crippen LogP contribution in [0, 0.1) is 0 Å². The Labute approximate surface area is 372 Å². The molecule has 0 bridgehead atoms. The standard InChI is InChI=1S/C55H96O5/c1-4-7-10-13-16-19-21-23-25-27-28-29-30-32-34-37-39-42-45-48-54(56)59-52-53(60-55(57)49-46-43-40-36-18-15-12-9-6-3)51-58-50-47-44-41-38-35-33-31-26-24-22-20-17-14-11-8-5-2/h7,10,16-17,19-20,23-26,28-29,53H,4-6,8-9,11-15,18,21-22,27,30-52H2,1-3H3/b10-7-,19-16-,20-17-,25-23-,26-24-,29-28-. The fourth-order valence-corrected chi connectivity index (χ4v) is 6.94. The minimum absolute atomic E-state index is 0.0727. The molecule has 5 nitrogen and oxygen atoms in total. The molecular formula is C55H96O5. The highest BCUT2D eigenvalue weighted by atomic mass is 16.6. The maximum Gasteiger partial charge on any atom is 0.306 e. The van der Waals surface area contributed by atoms with Gasteiger partial charge in [-0.1, -0.05) is 209 Å². The number of ether oxygens (including phenoxy) is 3. The van der Waals surface area contributed by atoms with Crippen molar-refractivity contribution in [1.29, 1.82) is 0 Å². The van der Waals surface area contributed by atoms with E-state index in [4.69, 9.17) is 14.2 Å². The van der Waals surface area contributed by atoms with Gasteiger partial charge in [0.05, 0.1) is 6.61 Å². The summed E-state index contributed by atoms with van der Waals surface area (Å²) in [5.41, 5.74) is 0. The predicted octanol–water partition coefficient (Wildman–Crippen LogP) is 17.1. The van der Waals surface area contributed by atoms with Crippen LogP contribution in [0.5, 0.6) is 0 Å². The first-order valence-electron chi connectivity index (χ1n) is 25.5. The number of hydrogen-bond acceptors (Lipinski definition) is 5. The highest BCUT2D eigenvalue weighted by Crippen LogP contribution is 2.14. The van der Waals surface area contributed by atoms with E-state index in [1.807, 2.05) is 0 Å². The van der Waals surface area contributed by atoms with Gasteiger partial charge in [0.15, 0.2) is 6.10 Å². The van der Waals surface area contributed by atoms with Crippen molar-refractivity contribution in [2.24, 2.45) is 0 Å². The molecule has 1 atom stereocenters. The molecule has 0 radical (unpaired) electrons. The second-order valence-electron chi connectivity index (χ2n) is 16.7. The van der Waals surface area contributed by atoms with Gasteiger partial charge in [-0.25, -0.2) is 0 Å². The van der Waals surface area contributed by atoms with Gasteiger partial charge in [-0.2, -0.15) is 0 Å². The summed E-state index contributed by atoms with van der Waals surface area (Å²) >= 11 is 0. The van der Waals surface area contributed by atoms with Gasteiger partial charge in [-0.15, -0.1) is 0 Å². The minimum atomic E-state index is -0.546. The van der Waals surface area contributed by atoms with Crippen LogP contribution in [0.2, 0.25) is 0 Å². The predicted molar refractivity (Wildman–Crippen MR) is 260 cm³/mol. The lowest BCUT2D eigenvalue weighted by molar-refractivity contribution is -0.163. The third-order valence-corrected chi connectivity index (χ3v) is 10.7. The fraction of sp³-hybridized carbons (Fsp3) is 0.745. The molecule has 0 heterocycles. The van der Waals surface area contributed by atoms with Crippen molar-refractivity contribution in [3.8, 4) is 0 Å². The number of carbonyl (C=O) groups is 2. The summed E-state index contributed by atoms with van der Waals surface area (Å²) in [7, 11) is 0. The Kier molecular flexibility index (Phi) is 48.4. The summed E-state index contributed by atoms with van der Waals surface area (Å²) in [6.07, 6.45) is 64.8. The monoisotopic (exact) mass is 837 g/mol. The molecule has 1 unspecified atom stereocenters. The van der Waals surface area contributed by atoms with Gasteiger partial charge in [0, 0.05) is 19.4 Å². The molecule has 346 valence electrons. The Bertz CT molecular complexity index is 1080. The smallest absolute Gasteiger partial charge is 0.306 e. The molecule has 0 rings (SSSR count). The van der Waals surface area contributed by atoms with E-state index in [2.05, 4.69) is 93.7 Å². The molecule has 0 aliphatic heterocycles. The van der Waals surface area contributed by atoms with Crippen LogP contribution in [0.15, 0.2) is 72.9 Å². The highest BCUT2D eigenvalue weighted by Gasteiger charge is 2.17. The van der Waals surface area contributed by atoms with E-state index in [0.717, 1.165) is 83.5 Å². The van der Waals surface area contributed by atoms with Crippen LogP contribution < -0.4 is 0 Å². The third kappa shape index (κ3) is 48.0. The zero-order valence-electron chi connectivity index (χ0n) is 39.7. The molecule has 0 saturated carbocycles. The van der Waals surface area contributed by atoms with Crippen LogP contribution in [-0.4, -0.2) is 37.9 Å². The summed E-state index contributed by atoms with van der Waals surface area (Å²) in [6.45, 7) is 7.65. The Balaban J connectivity index is 4.23. The number of esters is 2. The molecular weight excluding hydrogens is 741 g/mol. The van der Waals surface area contributed by atoms with E-state index in [9.17, 15) is 9.59 Å². The second kappa shape index (κ2) is 50.7. The normalized spacial score (nSPS) is 12.8. The second-order valence-corrected chi connectivity index (χ2v) is 16.7. The van der Waals surface area contributed by atoms with Gasteiger partial charge in [0.2, 0.25) is 0 Å². The van der Waals surface area contributed by atoms with Gasteiger partial charge < -0.3 is 14.2 Å². The topological polar surface area (TPSA) is 61.8 Å². The number of allylic oxidation sites excluding steroid dienone is 12. The molecule has 0 aromatic rings. The Morgan fingerprint density at radius 2 is 0.750 bits per heavy atom. The summed E-state index contributed by atoms with van der Waals surface area (Å²) in [5.74, 6) is -0.419. The Hall–Kier alpha value is -2.66. The molecule has 5 heteroatoms. The van der Waals surface area contributed by atoms with Crippen LogP contribution in [-0.2, 0) is 23.8 Å². The molecule has 0 aliphatic rings. The van der Waals surface area contributed by atoms with E-state index in [1.165, 1.54) is 122 Å². The molecule has 0 aliphatic carbocycles. The summed E-state index contributed by atoms with van der Waals surface area (Å²) in [5, 5.41) is 0. The van der Waals surface area contributed by atoms with Gasteiger partial charge >= 0.3 is 11.9 Å². The van der Waals surface area contributed by atoms with Crippen molar-refractivity contribution in [3.63, 3.8) is 0 Å². The van der Waals surface area contributed by atoms with E-state index >= 15 is 0 Å². The van der Waals surface area contributed by atoms with Gasteiger partial charge in [-0.3, -0.25) is 9.59 Å². The fourth-order valence-electron chi connectivity index (χ4n) is 6.94.